The van der Waals surface area contributed by atoms with Gasteiger partial charge < -0.3 is 24.8 Å². The SMILES string of the molecule is CCNC(=NCC1(N(C)C)CCOCC1)N1CC(CCN2CCCC2=O)c2ccccc21.I. The van der Waals surface area contributed by atoms with E-state index in [1.807, 2.05) is 4.90 Å². The number of likely N-dealkylation sites (N-methyl/N-ethyl adjacent to an activating group) is 1. The molecule has 3 aliphatic heterocycles. The lowest BCUT2D eigenvalue weighted by Gasteiger charge is -2.42. The second-order valence-corrected chi connectivity index (χ2v) is 9.54. The van der Waals surface area contributed by atoms with Crippen molar-refractivity contribution >= 4 is 41.5 Å². The van der Waals surface area contributed by atoms with E-state index < -0.39 is 0 Å². The molecule has 0 spiro atoms. The zero-order chi connectivity index (χ0) is 22.6. The fraction of sp³-hybridized carbons (Fsp3) is 0.680. The highest BCUT2D eigenvalue weighted by Gasteiger charge is 2.36. The molecular weight excluding hydrogens is 529 g/mol. The number of para-hydroxylation sites is 1. The van der Waals surface area contributed by atoms with Gasteiger partial charge in [-0.15, -0.1) is 24.0 Å². The summed E-state index contributed by atoms with van der Waals surface area (Å²) < 4.78 is 5.64. The normalized spacial score (nSPS) is 22.5. The number of benzene rings is 1. The third-order valence-electron chi connectivity index (χ3n) is 7.48. The predicted molar refractivity (Wildman–Crippen MR) is 145 cm³/mol. The Balaban J connectivity index is 0.00000306. The molecule has 1 amide bonds. The molecule has 0 aliphatic carbocycles. The molecule has 1 unspecified atom stereocenters. The van der Waals surface area contributed by atoms with Crippen molar-refractivity contribution in [2.24, 2.45) is 4.99 Å². The quantitative estimate of drug-likeness (QED) is 0.311. The van der Waals surface area contributed by atoms with Gasteiger partial charge in [0.05, 0.1) is 6.54 Å². The van der Waals surface area contributed by atoms with E-state index in [2.05, 4.69) is 60.4 Å². The van der Waals surface area contributed by atoms with E-state index in [9.17, 15) is 4.79 Å². The van der Waals surface area contributed by atoms with Gasteiger partial charge in [-0.3, -0.25) is 9.79 Å². The predicted octanol–water partition coefficient (Wildman–Crippen LogP) is 3.30. The molecule has 1 atom stereocenters. The van der Waals surface area contributed by atoms with Crippen LogP contribution >= 0.6 is 24.0 Å². The number of hydrogen-bond donors (Lipinski definition) is 1. The van der Waals surface area contributed by atoms with Crippen LogP contribution in [0.4, 0.5) is 5.69 Å². The summed E-state index contributed by atoms with van der Waals surface area (Å²) in [6.07, 6.45) is 4.72. The highest BCUT2D eigenvalue weighted by Crippen LogP contribution is 2.38. The smallest absolute Gasteiger partial charge is 0.222 e. The lowest BCUT2D eigenvalue weighted by molar-refractivity contribution is -0.127. The first kappa shape index (κ1) is 26.2. The summed E-state index contributed by atoms with van der Waals surface area (Å²) in [5.41, 5.74) is 2.67. The van der Waals surface area contributed by atoms with Gasteiger partial charge in [0.15, 0.2) is 5.96 Å². The maximum atomic E-state index is 12.1. The Morgan fingerprint density at radius 3 is 2.70 bits per heavy atom. The number of hydrogen-bond acceptors (Lipinski definition) is 4. The molecule has 1 aromatic rings. The molecule has 8 heteroatoms. The van der Waals surface area contributed by atoms with E-state index in [-0.39, 0.29) is 29.5 Å². The monoisotopic (exact) mass is 569 g/mol. The summed E-state index contributed by atoms with van der Waals surface area (Å²) in [5.74, 6) is 1.69. The van der Waals surface area contributed by atoms with Gasteiger partial charge in [-0.1, -0.05) is 18.2 Å². The number of amides is 1. The number of halogens is 1. The highest BCUT2D eigenvalue weighted by atomic mass is 127. The molecular formula is C25H40IN5O2. The summed E-state index contributed by atoms with van der Waals surface area (Å²) in [6.45, 7) is 8.00. The maximum absolute atomic E-state index is 12.1. The molecule has 3 heterocycles. The molecule has 7 nitrogen and oxygen atoms in total. The van der Waals surface area contributed by atoms with E-state index in [0.29, 0.717) is 18.2 Å². The fourth-order valence-corrected chi connectivity index (χ4v) is 5.31. The van der Waals surface area contributed by atoms with Crippen molar-refractivity contribution < 1.29 is 9.53 Å². The van der Waals surface area contributed by atoms with E-state index in [1.165, 1.54) is 11.3 Å². The molecule has 0 aromatic heterocycles. The zero-order valence-electron chi connectivity index (χ0n) is 20.4. The minimum atomic E-state index is 0. The Labute approximate surface area is 215 Å². The van der Waals surface area contributed by atoms with Gasteiger partial charge in [0.25, 0.3) is 0 Å². The second-order valence-electron chi connectivity index (χ2n) is 9.54. The first-order valence-corrected chi connectivity index (χ1v) is 12.2. The van der Waals surface area contributed by atoms with Crippen LogP contribution < -0.4 is 10.2 Å². The van der Waals surface area contributed by atoms with E-state index in [0.717, 1.165) is 77.6 Å². The van der Waals surface area contributed by atoms with Gasteiger partial charge in [-0.25, -0.2) is 0 Å². The van der Waals surface area contributed by atoms with Gasteiger partial charge in [-0.05, 0) is 58.3 Å². The van der Waals surface area contributed by atoms with Crippen LogP contribution in [0.15, 0.2) is 29.3 Å². The number of likely N-dealkylation sites (tertiary alicyclic amines) is 1. The molecule has 0 saturated carbocycles. The molecule has 0 radical (unpaired) electrons. The van der Waals surface area contributed by atoms with Crippen LogP contribution in [0.5, 0.6) is 0 Å². The van der Waals surface area contributed by atoms with Crippen LogP contribution in [0.25, 0.3) is 0 Å². The van der Waals surface area contributed by atoms with Crippen LogP contribution in [-0.4, -0.2) is 87.2 Å². The molecule has 184 valence electrons. The highest BCUT2D eigenvalue weighted by molar-refractivity contribution is 14.0. The van der Waals surface area contributed by atoms with Gasteiger partial charge >= 0.3 is 0 Å². The molecule has 2 saturated heterocycles. The molecule has 1 aromatic carbocycles. The van der Waals surface area contributed by atoms with Crippen molar-refractivity contribution in [3.63, 3.8) is 0 Å². The lowest BCUT2D eigenvalue weighted by Crippen LogP contribution is -2.52. The Hall–Kier alpha value is -1.39. The average molecular weight is 570 g/mol. The van der Waals surface area contributed by atoms with Crippen LogP contribution in [0, 0.1) is 0 Å². The molecule has 2 fully saturated rings. The third-order valence-corrected chi connectivity index (χ3v) is 7.48. The molecule has 0 bridgehead atoms. The summed E-state index contributed by atoms with van der Waals surface area (Å²) >= 11 is 0. The van der Waals surface area contributed by atoms with Crippen LogP contribution in [0.1, 0.15) is 50.5 Å². The topological polar surface area (TPSA) is 60.4 Å². The Morgan fingerprint density at radius 2 is 2.03 bits per heavy atom. The maximum Gasteiger partial charge on any atom is 0.222 e. The number of carbonyl (C=O) groups is 1. The van der Waals surface area contributed by atoms with Crippen LogP contribution in [0.2, 0.25) is 0 Å². The lowest BCUT2D eigenvalue weighted by atomic mass is 9.89. The van der Waals surface area contributed by atoms with Gasteiger partial charge in [-0.2, -0.15) is 0 Å². The van der Waals surface area contributed by atoms with Crippen molar-refractivity contribution in [2.45, 2.75) is 50.5 Å². The Kier molecular flexibility index (Phi) is 9.41. The van der Waals surface area contributed by atoms with Crippen LogP contribution in [0.3, 0.4) is 0 Å². The minimum Gasteiger partial charge on any atom is -0.381 e. The second kappa shape index (κ2) is 11.8. The Morgan fingerprint density at radius 1 is 1.27 bits per heavy atom. The van der Waals surface area contributed by atoms with Crippen LogP contribution in [-0.2, 0) is 9.53 Å². The number of anilines is 1. The van der Waals surface area contributed by atoms with Gasteiger partial charge in [0.2, 0.25) is 5.91 Å². The summed E-state index contributed by atoms with van der Waals surface area (Å²) in [6, 6.07) is 8.69. The molecule has 4 rings (SSSR count). The van der Waals surface area contributed by atoms with Gasteiger partial charge in [0, 0.05) is 63.0 Å². The zero-order valence-corrected chi connectivity index (χ0v) is 22.7. The van der Waals surface area contributed by atoms with E-state index in [4.69, 9.17) is 9.73 Å². The third kappa shape index (κ3) is 5.82. The summed E-state index contributed by atoms with van der Waals surface area (Å²) in [7, 11) is 4.32. The number of fused-ring (bicyclic) bond motifs is 1. The van der Waals surface area contributed by atoms with E-state index >= 15 is 0 Å². The molecule has 33 heavy (non-hydrogen) atoms. The number of nitrogens with one attached hydrogen (secondary N) is 1. The summed E-state index contributed by atoms with van der Waals surface area (Å²) in [4.78, 5) is 24.0. The van der Waals surface area contributed by atoms with Crippen molar-refractivity contribution in [1.82, 2.24) is 15.1 Å². The minimum absolute atomic E-state index is 0. The molecule has 1 N–H and O–H groups in total. The number of guanidine groups is 1. The molecule has 3 aliphatic rings. The van der Waals surface area contributed by atoms with Crippen molar-refractivity contribution in [1.29, 1.82) is 0 Å². The fourth-order valence-electron chi connectivity index (χ4n) is 5.31. The van der Waals surface area contributed by atoms with E-state index in [1.54, 1.807) is 0 Å². The number of aliphatic imine (C=N–C) groups is 1. The van der Waals surface area contributed by atoms with Crippen molar-refractivity contribution in [3.05, 3.63) is 29.8 Å². The number of carbonyl (C=O) groups excluding carboxylic acids is 1. The number of rotatable bonds is 7. The number of ether oxygens (including phenoxy) is 1. The standard InChI is InChI=1S/C25H39N5O2.HI/c1-4-26-24(27-19-25(28(2)3)12-16-32-17-13-25)30-18-20(21-8-5-6-9-22(21)30)11-15-29-14-7-10-23(29)31;/h5-6,8-9,20H,4,7,10-19H2,1-3H3,(H,26,27);1H. The van der Waals surface area contributed by atoms with Crippen molar-refractivity contribution in [2.75, 3.05) is 64.9 Å². The Bertz CT molecular complexity index is 825. The number of nitrogens with zero attached hydrogens (tertiary/aromatic N) is 4. The first-order chi connectivity index (χ1) is 15.5. The van der Waals surface area contributed by atoms with Gasteiger partial charge in [0.1, 0.15) is 0 Å². The van der Waals surface area contributed by atoms with Crippen molar-refractivity contribution in [3.8, 4) is 0 Å². The summed E-state index contributed by atoms with van der Waals surface area (Å²) in [5, 5.41) is 3.55. The average Bonchev–Trinajstić information content (AvgIpc) is 3.39. The largest absolute Gasteiger partial charge is 0.381 e. The first-order valence-electron chi connectivity index (χ1n) is 12.2.